The molecule has 0 aliphatic carbocycles. The fourth-order valence-electron chi connectivity index (χ4n) is 2.05. The molecule has 1 aromatic carbocycles. The van der Waals surface area contributed by atoms with Gasteiger partial charge in [0.1, 0.15) is 6.61 Å². The number of hydrogen-bond acceptors (Lipinski definition) is 4. The maximum Gasteiger partial charge on any atom is 0.165 e. The topological polar surface area (TPSA) is 50.7 Å². The summed E-state index contributed by atoms with van der Waals surface area (Å²) in [6.45, 7) is 10.5. The van der Waals surface area contributed by atoms with E-state index < -0.39 is 5.60 Å². The van der Waals surface area contributed by atoms with Gasteiger partial charge < -0.3 is 19.9 Å². The number of ether oxygens (including phenoxy) is 2. The minimum absolute atomic E-state index is 0.281. The van der Waals surface area contributed by atoms with E-state index >= 15 is 0 Å². The van der Waals surface area contributed by atoms with Crippen molar-refractivity contribution in [3.8, 4) is 11.5 Å². The van der Waals surface area contributed by atoms with Crippen LogP contribution in [0, 0.1) is 0 Å². The Labute approximate surface area is 128 Å². The molecule has 1 aromatic rings. The first-order chi connectivity index (χ1) is 10.1. The van der Waals surface area contributed by atoms with Crippen molar-refractivity contribution >= 4 is 0 Å². The molecule has 0 atom stereocenters. The lowest BCUT2D eigenvalue weighted by atomic mass is 9.99. The summed E-state index contributed by atoms with van der Waals surface area (Å²) in [5.41, 5.74) is 0.270. The standard InChI is InChI=1S/C17H29NO3/c1-5-17(19,6-2)13-21-16-14(12-18-7-3)10-9-11-15(16)20-8-4/h9-11,18-19H,5-8,12-13H2,1-4H3. The molecular weight excluding hydrogens is 266 g/mol. The number of rotatable bonds is 10. The summed E-state index contributed by atoms with van der Waals surface area (Å²) >= 11 is 0. The Balaban J connectivity index is 2.94. The van der Waals surface area contributed by atoms with Crippen LogP contribution in [0.2, 0.25) is 0 Å². The smallest absolute Gasteiger partial charge is 0.165 e. The van der Waals surface area contributed by atoms with Crippen LogP contribution in [-0.2, 0) is 6.54 Å². The van der Waals surface area contributed by atoms with Gasteiger partial charge in [0, 0.05) is 12.1 Å². The van der Waals surface area contributed by atoms with Gasteiger partial charge in [-0.15, -0.1) is 0 Å². The fraction of sp³-hybridized carbons (Fsp3) is 0.647. The van der Waals surface area contributed by atoms with Gasteiger partial charge in [0.2, 0.25) is 0 Å². The van der Waals surface area contributed by atoms with Crippen LogP contribution in [0.4, 0.5) is 0 Å². The van der Waals surface area contributed by atoms with Crippen molar-refractivity contribution in [2.75, 3.05) is 19.8 Å². The summed E-state index contributed by atoms with van der Waals surface area (Å²) in [4.78, 5) is 0. The van der Waals surface area contributed by atoms with Gasteiger partial charge in [-0.2, -0.15) is 0 Å². The Bertz CT molecular complexity index is 416. The second kappa shape index (κ2) is 8.90. The number of para-hydroxylation sites is 1. The summed E-state index contributed by atoms with van der Waals surface area (Å²) in [5.74, 6) is 1.48. The predicted molar refractivity (Wildman–Crippen MR) is 86.0 cm³/mol. The van der Waals surface area contributed by atoms with Crippen LogP contribution in [0.5, 0.6) is 11.5 Å². The lowest BCUT2D eigenvalue weighted by Gasteiger charge is -2.26. The highest BCUT2D eigenvalue weighted by atomic mass is 16.5. The van der Waals surface area contributed by atoms with Crippen molar-refractivity contribution in [1.82, 2.24) is 5.32 Å². The third kappa shape index (κ3) is 5.21. The number of aliphatic hydroxyl groups is 1. The van der Waals surface area contributed by atoms with Crippen LogP contribution in [0.1, 0.15) is 46.1 Å². The zero-order valence-electron chi connectivity index (χ0n) is 13.7. The van der Waals surface area contributed by atoms with Crippen LogP contribution < -0.4 is 14.8 Å². The molecular formula is C17H29NO3. The lowest BCUT2D eigenvalue weighted by molar-refractivity contribution is -0.0123. The van der Waals surface area contributed by atoms with Crippen LogP contribution in [-0.4, -0.2) is 30.5 Å². The number of benzene rings is 1. The zero-order chi connectivity index (χ0) is 15.7. The highest BCUT2D eigenvalue weighted by Gasteiger charge is 2.24. The van der Waals surface area contributed by atoms with Gasteiger partial charge in [0.05, 0.1) is 12.2 Å². The molecule has 2 N–H and O–H groups in total. The molecule has 0 aromatic heterocycles. The SMILES string of the molecule is CCNCc1cccc(OCC)c1OCC(O)(CC)CC. The quantitative estimate of drug-likeness (QED) is 0.696. The first kappa shape index (κ1) is 17.8. The number of hydrogen-bond donors (Lipinski definition) is 2. The van der Waals surface area contributed by atoms with Crippen LogP contribution in [0.3, 0.4) is 0 Å². The van der Waals surface area contributed by atoms with E-state index in [4.69, 9.17) is 9.47 Å². The molecule has 1 rings (SSSR count). The fourth-order valence-corrected chi connectivity index (χ4v) is 2.05. The van der Waals surface area contributed by atoms with E-state index in [0.29, 0.717) is 19.4 Å². The molecule has 0 amide bonds. The van der Waals surface area contributed by atoms with Gasteiger partial charge in [-0.1, -0.05) is 32.9 Å². The van der Waals surface area contributed by atoms with Crippen LogP contribution in [0.15, 0.2) is 18.2 Å². The molecule has 0 spiro atoms. The lowest BCUT2D eigenvalue weighted by Crippen LogP contribution is -2.34. The number of nitrogens with one attached hydrogen (secondary N) is 1. The van der Waals surface area contributed by atoms with Gasteiger partial charge in [-0.3, -0.25) is 0 Å². The first-order valence-corrected chi connectivity index (χ1v) is 7.90. The predicted octanol–water partition coefficient (Wildman–Crippen LogP) is 3.12. The Morgan fingerprint density at radius 3 is 2.38 bits per heavy atom. The molecule has 0 aliphatic heterocycles. The second-order valence-electron chi connectivity index (χ2n) is 5.18. The molecule has 0 saturated heterocycles. The summed E-state index contributed by atoms with van der Waals surface area (Å²) in [5, 5.41) is 13.7. The summed E-state index contributed by atoms with van der Waals surface area (Å²) in [6, 6.07) is 5.90. The minimum Gasteiger partial charge on any atom is -0.490 e. The Morgan fingerprint density at radius 1 is 1.10 bits per heavy atom. The van der Waals surface area contributed by atoms with E-state index in [2.05, 4.69) is 12.2 Å². The molecule has 4 nitrogen and oxygen atoms in total. The van der Waals surface area contributed by atoms with E-state index in [1.165, 1.54) is 0 Å². The third-order valence-electron chi connectivity index (χ3n) is 3.73. The maximum atomic E-state index is 10.4. The largest absolute Gasteiger partial charge is 0.490 e. The molecule has 120 valence electrons. The molecule has 0 fully saturated rings. The summed E-state index contributed by atoms with van der Waals surface area (Å²) < 4.78 is 11.6. The van der Waals surface area contributed by atoms with Crippen molar-refractivity contribution in [1.29, 1.82) is 0 Å². The highest BCUT2D eigenvalue weighted by molar-refractivity contribution is 5.46. The van der Waals surface area contributed by atoms with Crippen molar-refractivity contribution in [3.63, 3.8) is 0 Å². The van der Waals surface area contributed by atoms with E-state index in [-0.39, 0.29) is 6.61 Å². The normalized spacial score (nSPS) is 11.5. The highest BCUT2D eigenvalue weighted by Crippen LogP contribution is 2.32. The first-order valence-electron chi connectivity index (χ1n) is 7.90. The van der Waals surface area contributed by atoms with Gasteiger partial charge in [0.15, 0.2) is 11.5 Å². The van der Waals surface area contributed by atoms with E-state index in [9.17, 15) is 5.11 Å². The van der Waals surface area contributed by atoms with Crippen molar-refractivity contribution in [3.05, 3.63) is 23.8 Å². The minimum atomic E-state index is -0.783. The van der Waals surface area contributed by atoms with Gasteiger partial charge in [0.25, 0.3) is 0 Å². The Kier molecular flexibility index (Phi) is 7.54. The average molecular weight is 295 g/mol. The third-order valence-corrected chi connectivity index (χ3v) is 3.73. The van der Waals surface area contributed by atoms with Crippen molar-refractivity contribution in [2.45, 2.75) is 52.7 Å². The Hall–Kier alpha value is -1.26. The average Bonchev–Trinajstić information content (AvgIpc) is 2.52. The van der Waals surface area contributed by atoms with Gasteiger partial charge in [-0.25, -0.2) is 0 Å². The van der Waals surface area contributed by atoms with E-state index in [1.54, 1.807) is 0 Å². The zero-order valence-corrected chi connectivity index (χ0v) is 13.7. The maximum absolute atomic E-state index is 10.4. The van der Waals surface area contributed by atoms with Crippen LogP contribution >= 0.6 is 0 Å². The molecule has 4 heteroatoms. The van der Waals surface area contributed by atoms with Gasteiger partial charge >= 0.3 is 0 Å². The molecule has 0 radical (unpaired) electrons. The van der Waals surface area contributed by atoms with Gasteiger partial charge in [-0.05, 0) is 32.4 Å². The van der Waals surface area contributed by atoms with E-state index in [1.807, 2.05) is 39.0 Å². The Morgan fingerprint density at radius 2 is 1.81 bits per heavy atom. The molecule has 0 unspecified atom stereocenters. The van der Waals surface area contributed by atoms with Crippen molar-refractivity contribution < 1.29 is 14.6 Å². The molecule has 0 saturated carbocycles. The van der Waals surface area contributed by atoms with Crippen molar-refractivity contribution in [2.24, 2.45) is 0 Å². The molecule has 0 bridgehead atoms. The second-order valence-corrected chi connectivity index (χ2v) is 5.18. The summed E-state index contributed by atoms with van der Waals surface area (Å²) in [6.07, 6.45) is 1.34. The monoisotopic (exact) mass is 295 g/mol. The van der Waals surface area contributed by atoms with E-state index in [0.717, 1.165) is 30.2 Å². The molecule has 21 heavy (non-hydrogen) atoms. The molecule has 0 heterocycles. The summed E-state index contributed by atoms with van der Waals surface area (Å²) in [7, 11) is 0. The molecule has 0 aliphatic rings. The van der Waals surface area contributed by atoms with Crippen LogP contribution in [0.25, 0.3) is 0 Å².